The van der Waals surface area contributed by atoms with Gasteiger partial charge in [0.15, 0.2) is 0 Å². The molecule has 0 spiro atoms. The molecule has 3 N–H and O–H groups in total. The van der Waals surface area contributed by atoms with Gasteiger partial charge in [-0.3, -0.25) is 9.78 Å². The molecule has 1 aromatic heterocycles. The maximum absolute atomic E-state index is 13.0. The van der Waals surface area contributed by atoms with Crippen LogP contribution in [0.25, 0.3) is 0 Å². The Morgan fingerprint density at radius 1 is 1.40 bits per heavy atom. The smallest absolute Gasteiger partial charge is 0.433 e. The van der Waals surface area contributed by atoms with Gasteiger partial charge in [-0.05, 0) is 31.7 Å². The van der Waals surface area contributed by atoms with Crippen molar-refractivity contribution in [2.24, 2.45) is 5.73 Å². The first-order chi connectivity index (χ1) is 9.27. The number of pyridine rings is 1. The van der Waals surface area contributed by atoms with Crippen molar-refractivity contribution in [3.05, 3.63) is 29.6 Å². The van der Waals surface area contributed by atoms with Gasteiger partial charge in [0.05, 0.1) is 5.41 Å². The van der Waals surface area contributed by atoms with E-state index in [2.05, 4.69) is 4.98 Å². The molecule has 1 aliphatic carbocycles. The van der Waals surface area contributed by atoms with Crippen LogP contribution in [0, 0.1) is 0 Å². The molecule has 1 aromatic rings. The molecule has 0 aliphatic heterocycles. The van der Waals surface area contributed by atoms with E-state index in [4.69, 9.17) is 5.73 Å². The zero-order valence-electron chi connectivity index (χ0n) is 10.7. The molecule has 0 radical (unpaired) electrons. The van der Waals surface area contributed by atoms with E-state index in [9.17, 15) is 23.1 Å². The van der Waals surface area contributed by atoms with Crippen LogP contribution < -0.4 is 5.73 Å². The van der Waals surface area contributed by atoms with E-state index in [1.807, 2.05) is 0 Å². The molecule has 1 fully saturated rings. The number of aliphatic carboxylic acids is 1. The fourth-order valence-corrected chi connectivity index (χ4v) is 2.75. The molecular formula is C13H15F3N2O2. The highest BCUT2D eigenvalue weighted by atomic mass is 19.4. The summed E-state index contributed by atoms with van der Waals surface area (Å²) in [6.07, 6.45) is -2.68. The fourth-order valence-electron chi connectivity index (χ4n) is 2.75. The molecule has 7 heteroatoms. The second-order valence-corrected chi connectivity index (χ2v) is 5.12. The summed E-state index contributed by atoms with van der Waals surface area (Å²) in [4.78, 5) is 15.0. The SMILES string of the molecule is NC1CCC(C(=O)O)(c2cccnc2C(F)(F)F)CC1. The highest BCUT2D eigenvalue weighted by molar-refractivity contribution is 5.82. The fraction of sp³-hybridized carbons (Fsp3) is 0.538. The van der Waals surface area contributed by atoms with Crippen LogP contribution in [0.3, 0.4) is 0 Å². The molecule has 0 aromatic carbocycles. The van der Waals surface area contributed by atoms with Crippen LogP contribution in [0.15, 0.2) is 18.3 Å². The Kier molecular flexibility index (Phi) is 3.73. The van der Waals surface area contributed by atoms with Gasteiger partial charge >= 0.3 is 12.1 Å². The summed E-state index contributed by atoms with van der Waals surface area (Å²) in [6.45, 7) is 0. The molecule has 110 valence electrons. The Labute approximate surface area is 113 Å². The zero-order valence-corrected chi connectivity index (χ0v) is 10.7. The molecule has 0 bridgehead atoms. The van der Waals surface area contributed by atoms with Crippen molar-refractivity contribution in [1.82, 2.24) is 4.98 Å². The number of rotatable bonds is 2. The van der Waals surface area contributed by atoms with E-state index in [1.165, 1.54) is 12.1 Å². The molecule has 4 nitrogen and oxygen atoms in total. The average Bonchev–Trinajstić information content (AvgIpc) is 2.38. The molecule has 20 heavy (non-hydrogen) atoms. The summed E-state index contributed by atoms with van der Waals surface area (Å²) in [6, 6.07) is 2.39. The topological polar surface area (TPSA) is 76.2 Å². The molecular weight excluding hydrogens is 273 g/mol. The van der Waals surface area contributed by atoms with Crippen molar-refractivity contribution in [3.8, 4) is 0 Å². The van der Waals surface area contributed by atoms with Crippen LogP contribution in [0.2, 0.25) is 0 Å². The van der Waals surface area contributed by atoms with E-state index in [-0.39, 0.29) is 24.4 Å². The second-order valence-electron chi connectivity index (χ2n) is 5.12. The Hall–Kier alpha value is -1.63. The van der Waals surface area contributed by atoms with Gasteiger partial charge in [-0.2, -0.15) is 13.2 Å². The number of nitrogens with two attached hydrogens (primary N) is 1. The molecule has 0 unspecified atom stereocenters. The number of aromatic nitrogens is 1. The normalized spacial score (nSPS) is 27.3. The predicted molar refractivity (Wildman–Crippen MR) is 65.0 cm³/mol. The Morgan fingerprint density at radius 3 is 2.50 bits per heavy atom. The van der Waals surface area contributed by atoms with Crippen molar-refractivity contribution in [2.75, 3.05) is 0 Å². The van der Waals surface area contributed by atoms with Gasteiger partial charge in [0.2, 0.25) is 0 Å². The lowest BCUT2D eigenvalue weighted by atomic mass is 9.67. The van der Waals surface area contributed by atoms with Gasteiger partial charge < -0.3 is 10.8 Å². The van der Waals surface area contributed by atoms with Crippen molar-refractivity contribution in [2.45, 2.75) is 43.3 Å². The molecule has 2 rings (SSSR count). The number of carboxylic acid groups (broad SMARTS) is 1. The number of hydrogen-bond acceptors (Lipinski definition) is 3. The van der Waals surface area contributed by atoms with Crippen LogP contribution in [-0.2, 0) is 16.4 Å². The number of alkyl halides is 3. The van der Waals surface area contributed by atoms with Crippen molar-refractivity contribution < 1.29 is 23.1 Å². The Morgan fingerprint density at radius 2 is 2.00 bits per heavy atom. The third-order valence-electron chi connectivity index (χ3n) is 3.88. The van der Waals surface area contributed by atoms with Crippen molar-refractivity contribution in [1.29, 1.82) is 0 Å². The third-order valence-corrected chi connectivity index (χ3v) is 3.88. The first-order valence-corrected chi connectivity index (χ1v) is 6.29. The summed E-state index contributed by atoms with van der Waals surface area (Å²) in [5.41, 5.74) is 2.81. The van der Waals surface area contributed by atoms with Gasteiger partial charge in [0.25, 0.3) is 0 Å². The zero-order chi connectivity index (χ0) is 15.0. The summed E-state index contributed by atoms with van der Waals surface area (Å²) >= 11 is 0. The summed E-state index contributed by atoms with van der Waals surface area (Å²) < 4.78 is 39.1. The molecule has 1 saturated carbocycles. The first-order valence-electron chi connectivity index (χ1n) is 6.29. The molecule has 0 amide bonds. The van der Waals surface area contributed by atoms with E-state index >= 15 is 0 Å². The number of nitrogens with zero attached hydrogens (tertiary/aromatic N) is 1. The first kappa shape index (κ1) is 14.8. The quantitative estimate of drug-likeness (QED) is 0.875. The lowest BCUT2D eigenvalue weighted by Gasteiger charge is -2.37. The van der Waals surface area contributed by atoms with Gasteiger partial charge in [0.1, 0.15) is 5.69 Å². The maximum atomic E-state index is 13.0. The van der Waals surface area contributed by atoms with E-state index in [1.54, 1.807) is 0 Å². The highest BCUT2D eigenvalue weighted by Crippen LogP contribution is 2.44. The van der Waals surface area contributed by atoms with Gasteiger partial charge in [0, 0.05) is 17.8 Å². The number of halogens is 3. The second kappa shape index (κ2) is 5.05. The average molecular weight is 288 g/mol. The van der Waals surface area contributed by atoms with Crippen LogP contribution in [0.5, 0.6) is 0 Å². The van der Waals surface area contributed by atoms with E-state index < -0.39 is 23.3 Å². The minimum absolute atomic E-state index is 0.0955. The Balaban J connectivity index is 2.54. The maximum Gasteiger partial charge on any atom is 0.433 e. The summed E-state index contributed by atoms with van der Waals surface area (Å²) in [7, 11) is 0. The van der Waals surface area contributed by atoms with Crippen LogP contribution in [-0.4, -0.2) is 22.1 Å². The minimum Gasteiger partial charge on any atom is -0.481 e. The summed E-state index contributed by atoms with van der Waals surface area (Å²) in [5, 5.41) is 9.48. The van der Waals surface area contributed by atoms with Gasteiger partial charge in [-0.15, -0.1) is 0 Å². The predicted octanol–water partition coefficient (Wildman–Crippen LogP) is 2.32. The summed E-state index contributed by atoms with van der Waals surface area (Å²) in [5.74, 6) is -1.25. The minimum atomic E-state index is -4.67. The van der Waals surface area contributed by atoms with Crippen LogP contribution in [0.1, 0.15) is 36.9 Å². The molecule has 0 atom stereocenters. The lowest BCUT2D eigenvalue weighted by molar-refractivity contribution is -0.148. The number of hydrogen-bond donors (Lipinski definition) is 2. The van der Waals surface area contributed by atoms with Crippen molar-refractivity contribution in [3.63, 3.8) is 0 Å². The van der Waals surface area contributed by atoms with Gasteiger partial charge in [-0.25, -0.2) is 0 Å². The molecule has 1 heterocycles. The standard InChI is InChI=1S/C13H15F3N2O2/c14-13(15,16)10-9(2-1-7-18-10)12(11(19)20)5-3-8(17)4-6-12/h1-2,7-8H,3-6,17H2,(H,19,20). The van der Waals surface area contributed by atoms with Crippen LogP contribution in [0.4, 0.5) is 13.2 Å². The molecule has 1 aliphatic rings. The third kappa shape index (κ3) is 2.49. The van der Waals surface area contributed by atoms with Crippen molar-refractivity contribution >= 4 is 5.97 Å². The molecule has 0 saturated heterocycles. The Bertz CT molecular complexity index is 509. The monoisotopic (exact) mass is 288 g/mol. The van der Waals surface area contributed by atoms with E-state index in [0.29, 0.717) is 12.8 Å². The number of carboxylic acids is 1. The lowest BCUT2D eigenvalue weighted by Crippen LogP contribution is -2.44. The van der Waals surface area contributed by atoms with Crippen LogP contribution >= 0.6 is 0 Å². The highest BCUT2D eigenvalue weighted by Gasteiger charge is 2.48. The largest absolute Gasteiger partial charge is 0.481 e. The number of carbonyl (C=O) groups is 1. The van der Waals surface area contributed by atoms with E-state index in [0.717, 1.165) is 6.20 Å². The van der Waals surface area contributed by atoms with Gasteiger partial charge in [-0.1, -0.05) is 6.07 Å².